The van der Waals surface area contributed by atoms with Crippen molar-refractivity contribution in [3.8, 4) is 11.3 Å². The molecule has 3 aromatic rings. The number of H-pyrrole nitrogens is 1. The molecule has 1 aliphatic rings. The molecule has 0 bridgehead atoms. The Morgan fingerprint density at radius 2 is 1.89 bits per heavy atom. The van der Waals surface area contributed by atoms with Crippen LogP contribution in [0.4, 0.5) is 0 Å². The SMILES string of the molecule is COCCN1C(=O)c2[nH]nc(-c3ccc(Cl)cc3)c2C1c1ccccc1Cl. The van der Waals surface area contributed by atoms with E-state index in [9.17, 15) is 4.79 Å². The van der Waals surface area contributed by atoms with E-state index >= 15 is 0 Å². The van der Waals surface area contributed by atoms with Crippen LogP contribution in [-0.2, 0) is 4.74 Å². The number of hydrogen-bond donors (Lipinski definition) is 1. The molecule has 1 N–H and O–H groups in total. The Hall–Kier alpha value is -2.34. The number of nitrogens with one attached hydrogen (secondary N) is 1. The number of methoxy groups -OCH3 is 1. The number of fused-ring (bicyclic) bond motifs is 1. The van der Waals surface area contributed by atoms with Crippen molar-refractivity contribution in [2.75, 3.05) is 20.3 Å². The standard InChI is InChI=1S/C20H17Cl2N3O2/c1-27-11-10-25-19(14-4-2-3-5-15(14)22)16-17(23-24-18(16)20(25)26)12-6-8-13(21)9-7-12/h2-9,19H,10-11H2,1H3,(H,23,24). The number of ether oxygens (including phenoxy) is 1. The molecule has 1 aromatic heterocycles. The molecule has 138 valence electrons. The lowest BCUT2D eigenvalue weighted by atomic mass is 9.96. The van der Waals surface area contributed by atoms with Gasteiger partial charge in [0, 0.05) is 34.8 Å². The number of aromatic nitrogens is 2. The molecule has 4 rings (SSSR count). The molecule has 27 heavy (non-hydrogen) atoms. The lowest BCUT2D eigenvalue weighted by Gasteiger charge is -2.26. The summed E-state index contributed by atoms with van der Waals surface area (Å²) in [5.41, 5.74) is 3.78. The predicted molar refractivity (Wildman–Crippen MR) is 105 cm³/mol. The number of hydrogen-bond acceptors (Lipinski definition) is 3. The van der Waals surface area contributed by atoms with Gasteiger partial charge >= 0.3 is 0 Å². The Morgan fingerprint density at radius 3 is 2.59 bits per heavy atom. The Balaban J connectivity index is 1.88. The first-order valence-corrected chi connectivity index (χ1v) is 9.26. The highest BCUT2D eigenvalue weighted by molar-refractivity contribution is 6.31. The van der Waals surface area contributed by atoms with E-state index < -0.39 is 0 Å². The Bertz CT molecular complexity index is 985. The third kappa shape index (κ3) is 3.12. The van der Waals surface area contributed by atoms with Gasteiger partial charge in [-0.25, -0.2) is 0 Å². The van der Waals surface area contributed by atoms with Crippen molar-refractivity contribution in [3.63, 3.8) is 0 Å². The van der Waals surface area contributed by atoms with Crippen molar-refractivity contribution >= 4 is 29.1 Å². The molecule has 2 heterocycles. The van der Waals surface area contributed by atoms with Gasteiger partial charge in [0.2, 0.25) is 0 Å². The van der Waals surface area contributed by atoms with Crippen LogP contribution in [0.3, 0.4) is 0 Å². The van der Waals surface area contributed by atoms with Crippen molar-refractivity contribution in [2.24, 2.45) is 0 Å². The van der Waals surface area contributed by atoms with Gasteiger partial charge in [0.15, 0.2) is 0 Å². The molecule has 0 saturated carbocycles. The van der Waals surface area contributed by atoms with Gasteiger partial charge in [-0.15, -0.1) is 0 Å². The van der Waals surface area contributed by atoms with Gasteiger partial charge in [-0.2, -0.15) is 5.10 Å². The maximum atomic E-state index is 13.0. The normalized spacial score (nSPS) is 16.0. The largest absolute Gasteiger partial charge is 0.383 e. The molecule has 1 unspecified atom stereocenters. The van der Waals surface area contributed by atoms with E-state index in [2.05, 4.69) is 10.2 Å². The van der Waals surface area contributed by atoms with Crippen molar-refractivity contribution in [3.05, 3.63) is 75.4 Å². The van der Waals surface area contributed by atoms with Gasteiger partial charge in [-0.3, -0.25) is 9.89 Å². The van der Waals surface area contributed by atoms with E-state index in [-0.39, 0.29) is 11.9 Å². The lowest BCUT2D eigenvalue weighted by molar-refractivity contribution is 0.0677. The fourth-order valence-electron chi connectivity index (χ4n) is 3.46. The molecule has 2 aromatic carbocycles. The number of amides is 1. The number of carbonyl (C=O) groups excluding carboxylic acids is 1. The summed E-state index contributed by atoms with van der Waals surface area (Å²) in [6, 6.07) is 14.6. The summed E-state index contributed by atoms with van der Waals surface area (Å²) in [5.74, 6) is -0.111. The molecular formula is C20H17Cl2N3O2. The lowest BCUT2D eigenvalue weighted by Crippen LogP contribution is -2.32. The highest BCUT2D eigenvalue weighted by Gasteiger charge is 2.42. The van der Waals surface area contributed by atoms with Crippen LogP contribution in [0.1, 0.15) is 27.7 Å². The summed E-state index contributed by atoms with van der Waals surface area (Å²) < 4.78 is 5.20. The van der Waals surface area contributed by atoms with Gasteiger partial charge < -0.3 is 9.64 Å². The van der Waals surface area contributed by atoms with Gasteiger partial charge in [-0.05, 0) is 23.8 Å². The first-order chi connectivity index (χ1) is 13.1. The fourth-order valence-corrected chi connectivity index (χ4v) is 3.83. The first-order valence-electron chi connectivity index (χ1n) is 8.50. The molecule has 0 saturated heterocycles. The highest BCUT2D eigenvalue weighted by Crippen LogP contribution is 2.44. The number of benzene rings is 2. The highest BCUT2D eigenvalue weighted by atomic mass is 35.5. The second-order valence-corrected chi connectivity index (χ2v) is 7.13. The maximum Gasteiger partial charge on any atom is 0.273 e. The van der Waals surface area contributed by atoms with Crippen molar-refractivity contribution in [1.29, 1.82) is 0 Å². The smallest absolute Gasteiger partial charge is 0.273 e. The van der Waals surface area contributed by atoms with Gasteiger partial charge in [-0.1, -0.05) is 53.5 Å². The van der Waals surface area contributed by atoms with Gasteiger partial charge in [0.05, 0.1) is 18.3 Å². The average molecular weight is 402 g/mol. The molecule has 0 radical (unpaired) electrons. The van der Waals surface area contributed by atoms with Crippen LogP contribution in [0.2, 0.25) is 10.0 Å². The zero-order valence-corrected chi connectivity index (χ0v) is 16.1. The zero-order valence-electron chi connectivity index (χ0n) is 14.6. The van der Waals surface area contributed by atoms with Crippen LogP contribution in [0.5, 0.6) is 0 Å². The second kappa shape index (κ2) is 7.35. The number of halogens is 2. The third-order valence-electron chi connectivity index (χ3n) is 4.72. The summed E-state index contributed by atoms with van der Waals surface area (Å²) in [4.78, 5) is 14.8. The summed E-state index contributed by atoms with van der Waals surface area (Å²) in [7, 11) is 1.62. The number of carbonyl (C=O) groups is 1. The van der Waals surface area contributed by atoms with E-state index in [1.807, 2.05) is 48.5 Å². The van der Waals surface area contributed by atoms with E-state index in [4.69, 9.17) is 27.9 Å². The zero-order chi connectivity index (χ0) is 19.0. The van der Waals surface area contributed by atoms with Gasteiger partial charge in [0.25, 0.3) is 5.91 Å². The van der Waals surface area contributed by atoms with Crippen molar-refractivity contribution in [1.82, 2.24) is 15.1 Å². The number of rotatable bonds is 5. The minimum atomic E-state index is -0.333. The minimum absolute atomic E-state index is 0.111. The van der Waals surface area contributed by atoms with E-state index in [1.165, 1.54) is 0 Å². The predicted octanol–water partition coefficient (Wildman–Crippen LogP) is 4.58. The van der Waals surface area contributed by atoms with E-state index in [0.717, 1.165) is 22.4 Å². The quantitative estimate of drug-likeness (QED) is 0.680. The molecule has 0 spiro atoms. The molecule has 1 amide bonds. The first kappa shape index (κ1) is 18.0. The van der Waals surface area contributed by atoms with Crippen LogP contribution in [0.25, 0.3) is 11.3 Å². The van der Waals surface area contributed by atoms with Crippen LogP contribution in [0, 0.1) is 0 Å². The van der Waals surface area contributed by atoms with Gasteiger partial charge in [0.1, 0.15) is 5.69 Å². The Kier molecular flexibility index (Phi) is 4.91. The van der Waals surface area contributed by atoms with Crippen LogP contribution >= 0.6 is 23.2 Å². The monoisotopic (exact) mass is 401 g/mol. The molecular weight excluding hydrogens is 385 g/mol. The Morgan fingerprint density at radius 1 is 1.15 bits per heavy atom. The average Bonchev–Trinajstić information content (AvgIpc) is 3.21. The molecule has 0 fully saturated rings. The topological polar surface area (TPSA) is 58.2 Å². The van der Waals surface area contributed by atoms with Crippen molar-refractivity contribution in [2.45, 2.75) is 6.04 Å². The summed E-state index contributed by atoms with van der Waals surface area (Å²) >= 11 is 12.5. The van der Waals surface area contributed by atoms with Crippen LogP contribution < -0.4 is 0 Å². The maximum absolute atomic E-state index is 13.0. The minimum Gasteiger partial charge on any atom is -0.383 e. The second-order valence-electron chi connectivity index (χ2n) is 6.28. The van der Waals surface area contributed by atoms with Crippen LogP contribution in [-0.4, -0.2) is 41.3 Å². The molecule has 0 aliphatic carbocycles. The molecule has 7 heteroatoms. The number of aromatic amines is 1. The molecule has 1 aliphatic heterocycles. The molecule has 5 nitrogen and oxygen atoms in total. The Labute approximate surface area is 166 Å². The van der Waals surface area contributed by atoms with Crippen LogP contribution in [0.15, 0.2) is 48.5 Å². The summed E-state index contributed by atoms with van der Waals surface area (Å²) in [5, 5.41) is 8.59. The van der Waals surface area contributed by atoms with E-state index in [0.29, 0.717) is 28.9 Å². The van der Waals surface area contributed by atoms with E-state index in [1.54, 1.807) is 12.0 Å². The third-order valence-corrected chi connectivity index (χ3v) is 5.31. The fraction of sp³-hybridized carbons (Fsp3) is 0.200. The summed E-state index contributed by atoms with van der Waals surface area (Å²) in [6.45, 7) is 0.883. The van der Waals surface area contributed by atoms with Crippen molar-refractivity contribution < 1.29 is 9.53 Å². The number of nitrogens with zero attached hydrogens (tertiary/aromatic N) is 2. The summed E-state index contributed by atoms with van der Waals surface area (Å²) in [6.07, 6.45) is 0. The molecule has 1 atom stereocenters.